The minimum absolute atomic E-state index is 1.02. The lowest BCUT2D eigenvalue weighted by atomic mass is 10.1. The number of piperidine rings is 1. The summed E-state index contributed by atoms with van der Waals surface area (Å²) in [6.07, 6.45) is 5.83. The van der Waals surface area contributed by atoms with E-state index in [0.29, 0.717) is 0 Å². The topological polar surface area (TPSA) is 3.24 Å². The van der Waals surface area contributed by atoms with Crippen LogP contribution in [0.3, 0.4) is 0 Å². The molecule has 10 heavy (non-hydrogen) atoms. The molecule has 2 aliphatic rings. The third kappa shape index (κ3) is 1.07. The van der Waals surface area contributed by atoms with Gasteiger partial charge >= 0.3 is 0 Å². The van der Waals surface area contributed by atoms with E-state index in [9.17, 15) is 0 Å². The molecule has 0 aromatic carbocycles. The summed E-state index contributed by atoms with van der Waals surface area (Å²) in [5, 5.41) is 0. The molecule has 0 aromatic heterocycles. The first kappa shape index (κ1) is 6.66. The largest absolute Gasteiger partial charge is 0.300 e. The summed E-state index contributed by atoms with van der Waals surface area (Å²) in [4.78, 5) is 2.69. The third-order valence-corrected chi connectivity index (χ3v) is 2.89. The Morgan fingerprint density at radius 2 is 2.40 bits per heavy atom. The predicted octanol–water partition coefficient (Wildman–Crippen LogP) is 1.88. The van der Waals surface area contributed by atoms with E-state index in [0.717, 1.165) is 12.0 Å². The number of hydrogen-bond acceptors (Lipinski definition) is 1. The van der Waals surface area contributed by atoms with Crippen LogP contribution in [0.4, 0.5) is 0 Å². The molecular weight excluding hydrogens is 122 g/mol. The number of rotatable bonds is 2. The van der Waals surface area contributed by atoms with Crippen LogP contribution in [-0.2, 0) is 0 Å². The van der Waals surface area contributed by atoms with Crippen molar-refractivity contribution < 1.29 is 0 Å². The first-order chi connectivity index (χ1) is 4.92. The highest BCUT2D eigenvalue weighted by Crippen LogP contribution is 2.42. The van der Waals surface area contributed by atoms with E-state index < -0.39 is 0 Å². The highest BCUT2D eigenvalue weighted by Gasteiger charge is 2.43. The van der Waals surface area contributed by atoms with Gasteiger partial charge in [-0.05, 0) is 44.7 Å². The molecule has 0 N–H and O–H groups in total. The maximum absolute atomic E-state index is 2.69. The summed E-state index contributed by atoms with van der Waals surface area (Å²) in [5.74, 6) is 1.11. The van der Waals surface area contributed by atoms with Gasteiger partial charge < -0.3 is 4.90 Å². The lowest BCUT2D eigenvalue weighted by molar-refractivity contribution is 0.216. The normalized spacial score (nSPS) is 39.3. The summed E-state index contributed by atoms with van der Waals surface area (Å²) in [7, 11) is 0. The zero-order valence-electron chi connectivity index (χ0n) is 6.84. The number of fused-ring (bicyclic) bond motifs is 1. The molecule has 2 rings (SSSR count). The lowest BCUT2D eigenvalue weighted by Gasteiger charge is -2.25. The van der Waals surface area contributed by atoms with Gasteiger partial charge in [0.15, 0.2) is 0 Å². The SMILES string of the molecule is CCCN1CCCC2CC21. The van der Waals surface area contributed by atoms with E-state index in [1.54, 1.807) is 0 Å². The molecule has 0 bridgehead atoms. The van der Waals surface area contributed by atoms with Crippen LogP contribution in [0.2, 0.25) is 0 Å². The monoisotopic (exact) mass is 139 g/mol. The quantitative estimate of drug-likeness (QED) is 0.564. The first-order valence-electron chi connectivity index (χ1n) is 4.66. The van der Waals surface area contributed by atoms with Gasteiger partial charge in [0.1, 0.15) is 0 Å². The van der Waals surface area contributed by atoms with Crippen LogP contribution in [-0.4, -0.2) is 24.0 Å². The zero-order chi connectivity index (χ0) is 6.97. The van der Waals surface area contributed by atoms with Crippen LogP contribution in [0.25, 0.3) is 0 Å². The van der Waals surface area contributed by atoms with Crippen molar-refractivity contribution in [3.05, 3.63) is 0 Å². The summed E-state index contributed by atoms with van der Waals surface area (Å²) < 4.78 is 0. The molecule has 2 atom stereocenters. The van der Waals surface area contributed by atoms with Crippen LogP contribution in [0, 0.1) is 5.92 Å². The van der Waals surface area contributed by atoms with Crippen molar-refractivity contribution >= 4 is 0 Å². The average molecular weight is 139 g/mol. The molecule has 58 valence electrons. The van der Waals surface area contributed by atoms with Gasteiger partial charge in [-0.2, -0.15) is 0 Å². The number of nitrogens with zero attached hydrogens (tertiary/aromatic N) is 1. The Morgan fingerprint density at radius 3 is 3.20 bits per heavy atom. The minimum atomic E-state index is 1.02. The van der Waals surface area contributed by atoms with E-state index in [1.807, 2.05) is 0 Å². The van der Waals surface area contributed by atoms with Gasteiger partial charge in [-0.25, -0.2) is 0 Å². The molecule has 1 heterocycles. The van der Waals surface area contributed by atoms with Gasteiger partial charge in [-0.15, -0.1) is 0 Å². The Kier molecular flexibility index (Phi) is 1.69. The Labute approximate surface area is 63.4 Å². The fourth-order valence-electron chi connectivity index (χ4n) is 2.28. The molecule has 2 fully saturated rings. The second kappa shape index (κ2) is 2.54. The van der Waals surface area contributed by atoms with Crippen molar-refractivity contribution in [3.63, 3.8) is 0 Å². The van der Waals surface area contributed by atoms with Gasteiger partial charge in [0.05, 0.1) is 0 Å². The maximum atomic E-state index is 2.69. The fraction of sp³-hybridized carbons (Fsp3) is 1.00. The van der Waals surface area contributed by atoms with Crippen LogP contribution in [0.1, 0.15) is 32.6 Å². The molecule has 0 radical (unpaired) electrons. The highest BCUT2D eigenvalue weighted by atomic mass is 15.2. The smallest absolute Gasteiger partial charge is 0.0127 e. The molecule has 1 saturated carbocycles. The van der Waals surface area contributed by atoms with Crippen molar-refractivity contribution in [1.29, 1.82) is 0 Å². The predicted molar refractivity (Wildman–Crippen MR) is 43.0 cm³/mol. The summed E-state index contributed by atoms with van der Waals surface area (Å²) >= 11 is 0. The van der Waals surface area contributed by atoms with Crippen LogP contribution < -0.4 is 0 Å². The maximum Gasteiger partial charge on any atom is 0.0127 e. The van der Waals surface area contributed by atoms with Gasteiger partial charge in [0, 0.05) is 6.04 Å². The lowest BCUT2D eigenvalue weighted by Crippen LogP contribution is -2.32. The second-order valence-electron chi connectivity index (χ2n) is 3.74. The van der Waals surface area contributed by atoms with Gasteiger partial charge in [0.2, 0.25) is 0 Å². The second-order valence-corrected chi connectivity index (χ2v) is 3.74. The van der Waals surface area contributed by atoms with E-state index in [-0.39, 0.29) is 0 Å². The van der Waals surface area contributed by atoms with E-state index in [4.69, 9.17) is 0 Å². The number of likely N-dealkylation sites (tertiary alicyclic amines) is 1. The van der Waals surface area contributed by atoms with Crippen molar-refractivity contribution in [2.75, 3.05) is 13.1 Å². The standard InChI is InChI=1S/C9H17N/c1-2-5-10-6-3-4-8-7-9(8)10/h8-9H,2-7H2,1H3. The summed E-state index contributed by atoms with van der Waals surface area (Å²) in [6.45, 7) is 5.02. The molecule has 0 spiro atoms. The van der Waals surface area contributed by atoms with Crippen molar-refractivity contribution in [1.82, 2.24) is 4.90 Å². The molecule has 0 amide bonds. The van der Waals surface area contributed by atoms with E-state index >= 15 is 0 Å². The third-order valence-electron chi connectivity index (χ3n) is 2.89. The van der Waals surface area contributed by atoms with Crippen molar-refractivity contribution in [2.24, 2.45) is 5.92 Å². The zero-order valence-corrected chi connectivity index (χ0v) is 6.84. The molecule has 2 unspecified atom stereocenters. The van der Waals surface area contributed by atoms with Gasteiger partial charge in [-0.3, -0.25) is 0 Å². The van der Waals surface area contributed by atoms with Gasteiger partial charge in [-0.1, -0.05) is 6.92 Å². The molecule has 1 nitrogen and oxygen atoms in total. The van der Waals surface area contributed by atoms with Crippen LogP contribution in [0.15, 0.2) is 0 Å². The molecule has 1 saturated heterocycles. The molecule has 1 aliphatic carbocycles. The Hall–Kier alpha value is -0.0400. The van der Waals surface area contributed by atoms with E-state index in [1.165, 1.54) is 38.8 Å². The average Bonchev–Trinajstić information content (AvgIpc) is 2.67. The Bertz CT molecular complexity index is 120. The van der Waals surface area contributed by atoms with E-state index in [2.05, 4.69) is 11.8 Å². The van der Waals surface area contributed by atoms with Crippen LogP contribution >= 0.6 is 0 Å². The van der Waals surface area contributed by atoms with Gasteiger partial charge in [0.25, 0.3) is 0 Å². The van der Waals surface area contributed by atoms with Crippen molar-refractivity contribution in [2.45, 2.75) is 38.6 Å². The summed E-state index contributed by atoms with van der Waals surface area (Å²) in [6, 6.07) is 1.02. The van der Waals surface area contributed by atoms with Crippen LogP contribution in [0.5, 0.6) is 0 Å². The fourth-order valence-corrected chi connectivity index (χ4v) is 2.28. The summed E-state index contributed by atoms with van der Waals surface area (Å²) in [5.41, 5.74) is 0. The molecule has 1 aliphatic heterocycles. The minimum Gasteiger partial charge on any atom is -0.300 e. The Balaban J connectivity index is 1.84. The molecule has 1 heteroatoms. The highest BCUT2D eigenvalue weighted by molar-refractivity contribution is 4.97. The molecular formula is C9H17N. The number of hydrogen-bond donors (Lipinski definition) is 0. The Morgan fingerprint density at radius 1 is 1.50 bits per heavy atom. The molecule has 0 aromatic rings. The first-order valence-corrected chi connectivity index (χ1v) is 4.66. The van der Waals surface area contributed by atoms with Crippen molar-refractivity contribution in [3.8, 4) is 0 Å².